The summed E-state index contributed by atoms with van der Waals surface area (Å²) in [5.74, 6) is 0.718. The van der Waals surface area contributed by atoms with E-state index in [0.29, 0.717) is 12.5 Å². The van der Waals surface area contributed by atoms with Gasteiger partial charge in [0.05, 0.1) is 12.5 Å². The summed E-state index contributed by atoms with van der Waals surface area (Å²) in [6.45, 7) is 8.92. The second kappa shape index (κ2) is 6.00. The first-order valence-electron chi connectivity index (χ1n) is 5.55. The van der Waals surface area contributed by atoms with Crippen molar-refractivity contribution in [2.75, 3.05) is 26.2 Å². The molecule has 0 saturated carbocycles. The smallest absolute Gasteiger partial charge is 0.0638 e. The van der Waals surface area contributed by atoms with Gasteiger partial charge in [-0.15, -0.1) is 0 Å². The lowest BCUT2D eigenvalue weighted by Crippen LogP contribution is -2.38. The highest BCUT2D eigenvalue weighted by molar-refractivity contribution is 4.85. The van der Waals surface area contributed by atoms with Crippen LogP contribution in [0.25, 0.3) is 0 Å². The quantitative estimate of drug-likeness (QED) is 0.736. The van der Waals surface area contributed by atoms with Crippen LogP contribution in [0.5, 0.6) is 0 Å². The summed E-state index contributed by atoms with van der Waals surface area (Å²) in [5, 5.41) is 12.1. The van der Waals surface area contributed by atoms with Crippen LogP contribution in [-0.2, 0) is 0 Å². The van der Waals surface area contributed by atoms with Gasteiger partial charge < -0.3 is 10.2 Å². The van der Waals surface area contributed by atoms with Crippen LogP contribution in [0.4, 0.5) is 0 Å². The van der Waals surface area contributed by atoms with Gasteiger partial charge in [0.15, 0.2) is 0 Å². The second-order valence-corrected chi connectivity index (χ2v) is 4.52. The van der Waals surface area contributed by atoms with Gasteiger partial charge in [-0.25, -0.2) is 0 Å². The summed E-state index contributed by atoms with van der Waals surface area (Å²) in [7, 11) is 0. The van der Waals surface area contributed by atoms with Gasteiger partial charge in [0.25, 0.3) is 0 Å². The zero-order valence-corrected chi connectivity index (χ0v) is 9.29. The normalized spacial score (nSPS) is 24.6. The average Bonchev–Trinajstić information content (AvgIpc) is 2.30. The molecule has 0 spiro atoms. The Morgan fingerprint density at radius 1 is 1.57 bits per heavy atom. The Kier molecular flexibility index (Phi) is 4.92. The summed E-state index contributed by atoms with van der Waals surface area (Å²) in [6.07, 6.45) is 1.84. The molecule has 80 valence electrons. The first kappa shape index (κ1) is 11.5. The van der Waals surface area contributed by atoms with E-state index < -0.39 is 0 Å². The van der Waals surface area contributed by atoms with Gasteiger partial charge in [0.2, 0.25) is 0 Å². The Morgan fingerprint density at radius 3 is 3.00 bits per heavy atom. The lowest BCUT2D eigenvalue weighted by molar-refractivity contribution is 0.240. The number of hydrogen-bond donors (Lipinski definition) is 1. The molecule has 0 aliphatic carbocycles. The zero-order valence-electron chi connectivity index (χ0n) is 9.29. The first-order chi connectivity index (χ1) is 6.72. The van der Waals surface area contributed by atoms with E-state index in [1.807, 2.05) is 0 Å². The highest BCUT2D eigenvalue weighted by atomic mass is 15.2. The minimum Gasteiger partial charge on any atom is -0.312 e. The predicted molar refractivity (Wildman–Crippen MR) is 57.9 cm³/mol. The Hall–Kier alpha value is -0.590. The molecule has 14 heavy (non-hydrogen) atoms. The van der Waals surface area contributed by atoms with E-state index >= 15 is 0 Å². The third-order valence-corrected chi connectivity index (χ3v) is 2.52. The molecule has 0 aromatic rings. The topological polar surface area (TPSA) is 39.1 Å². The molecule has 3 heteroatoms. The summed E-state index contributed by atoms with van der Waals surface area (Å²) in [6, 6.07) is 2.63. The van der Waals surface area contributed by atoms with Crippen molar-refractivity contribution >= 4 is 0 Å². The lowest BCUT2D eigenvalue weighted by atomic mass is 10.1. The van der Waals surface area contributed by atoms with Crippen LogP contribution in [0.1, 0.15) is 26.7 Å². The standard InChI is InChI=1S/C11H21N3/c1-10(2)8-14-7-3-6-13-11(9-14)4-5-12/h10-11,13H,3-4,6-9H2,1-2H3. The highest BCUT2D eigenvalue weighted by Crippen LogP contribution is 2.06. The Balaban J connectivity index is 2.39. The largest absolute Gasteiger partial charge is 0.312 e. The number of nitrogens with zero attached hydrogens (tertiary/aromatic N) is 2. The molecule has 0 aromatic carbocycles. The van der Waals surface area contributed by atoms with Crippen molar-refractivity contribution in [2.24, 2.45) is 5.92 Å². The Bertz CT molecular complexity index is 195. The fraction of sp³-hybridized carbons (Fsp3) is 0.909. The van der Waals surface area contributed by atoms with Gasteiger partial charge in [0, 0.05) is 19.1 Å². The maximum Gasteiger partial charge on any atom is 0.0638 e. The van der Waals surface area contributed by atoms with Crippen LogP contribution >= 0.6 is 0 Å². The number of rotatable bonds is 3. The maximum atomic E-state index is 8.67. The van der Waals surface area contributed by atoms with Crippen LogP contribution in [0, 0.1) is 17.2 Å². The number of hydrogen-bond acceptors (Lipinski definition) is 3. The van der Waals surface area contributed by atoms with Gasteiger partial charge in [-0.1, -0.05) is 13.8 Å². The second-order valence-electron chi connectivity index (χ2n) is 4.52. The van der Waals surface area contributed by atoms with Crippen LogP contribution < -0.4 is 5.32 Å². The van der Waals surface area contributed by atoms with Crippen molar-refractivity contribution < 1.29 is 0 Å². The molecule has 1 heterocycles. The van der Waals surface area contributed by atoms with Gasteiger partial charge in [-0.3, -0.25) is 0 Å². The van der Waals surface area contributed by atoms with Crippen molar-refractivity contribution in [1.82, 2.24) is 10.2 Å². The van der Waals surface area contributed by atoms with Crippen LogP contribution in [0.15, 0.2) is 0 Å². The fourth-order valence-corrected chi connectivity index (χ4v) is 2.01. The van der Waals surface area contributed by atoms with Gasteiger partial charge in [0.1, 0.15) is 0 Å². The number of nitriles is 1. The molecular weight excluding hydrogens is 174 g/mol. The lowest BCUT2D eigenvalue weighted by Gasteiger charge is -2.24. The number of nitrogens with one attached hydrogen (secondary N) is 1. The Labute approximate surface area is 87.1 Å². The molecule has 0 aromatic heterocycles. The molecule has 0 radical (unpaired) electrons. The monoisotopic (exact) mass is 195 g/mol. The average molecular weight is 195 g/mol. The summed E-state index contributed by atoms with van der Waals surface area (Å²) < 4.78 is 0. The zero-order chi connectivity index (χ0) is 10.4. The molecule has 3 nitrogen and oxygen atoms in total. The van der Waals surface area contributed by atoms with Crippen LogP contribution in [0.2, 0.25) is 0 Å². The van der Waals surface area contributed by atoms with E-state index in [0.717, 1.165) is 25.6 Å². The van der Waals surface area contributed by atoms with E-state index in [4.69, 9.17) is 5.26 Å². The van der Waals surface area contributed by atoms with Crippen LogP contribution in [0.3, 0.4) is 0 Å². The molecule has 1 aliphatic rings. The van der Waals surface area contributed by atoms with E-state index in [1.165, 1.54) is 13.0 Å². The Morgan fingerprint density at radius 2 is 2.36 bits per heavy atom. The molecule has 1 rings (SSSR count). The molecule has 1 fully saturated rings. The van der Waals surface area contributed by atoms with E-state index in [9.17, 15) is 0 Å². The summed E-state index contributed by atoms with van der Waals surface area (Å²) in [4.78, 5) is 2.48. The van der Waals surface area contributed by atoms with Crippen molar-refractivity contribution in [2.45, 2.75) is 32.7 Å². The minimum atomic E-state index is 0.376. The maximum absolute atomic E-state index is 8.67. The third kappa shape index (κ3) is 4.08. The molecule has 1 N–H and O–H groups in total. The minimum absolute atomic E-state index is 0.376. The summed E-state index contributed by atoms with van der Waals surface area (Å²) >= 11 is 0. The third-order valence-electron chi connectivity index (χ3n) is 2.52. The van der Waals surface area contributed by atoms with Gasteiger partial charge >= 0.3 is 0 Å². The molecule has 1 atom stereocenters. The molecule has 1 aliphatic heterocycles. The first-order valence-corrected chi connectivity index (χ1v) is 5.55. The van der Waals surface area contributed by atoms with Crippen molar-refractivity contribution in [3.8, 4) is 6.07 Å². The molecule has 0 amide bonds. The molecular formula is C11H21N3. The van der Waals surface area contributed by atoms with E-state index in [-0.39, 0.29) is 0 Å². The SMILES string of the molecule is CC(C)CN1CCCNC(CC#N)C1. The molecule has 1 unspecified atom stereocenters. The van der Waals surface area contributed by atoms with Crippen molar-refractivity contribution in [3.05, 3.63) is 0 Å². The van der Waals surface area contributed by atoms with Gasteiger partial charge in [-0.05, 0) is 25.4 Å². The molecule has 0 bridgehead atoms. The highest BCUT2D eigenvalue weighted by Gasteiger charge is 2.17. The van der Waals surface area contributed by atoms with Gasteiger partial charge in [-0.2, -0.15) is 5.26 Å². The van der Waals surface area contributed by atoms with Crippen molar-refractivity contribution in [3.63, 3.8) is 0 Å². The van der Waals surface area contributed by atoms with Crippen LogP contribution in [-0.4, -0.2) is 37.1 Å². The summed E-state index contributed by atoms with van der Waals surface area (Å²) in [5.41, 5.74) is 0. The fourth-order valence-electron chi connectivity index (χ4n) is 2.01. The van der Waals surface area contributed by atoms with E-state index in [1.54, 1.807) is 0 Å². The molecule has 1 saturated heterocycles. The predicted octanol–water partition coefficient (Wildman–Crippen LogP) is 1.22. The van der Waals surface area contributed by atoms with Crippen molar-refractivity contribution in [1.29, 1.82) is 5.26 Å². The van der Waals surface area contributed by atoms with E-state index in [2.05, 4.69) is 30.1 Å².